The van der Waals surface area contributed by atoms with Crippen molar-refractivity contribution in [1.29, 1.82) is 0 Å². The molecule has 0 aliphatic rings. The van der Waals surface area contributed by atoms with Crippen molar-refractivity contribution < 1.29 is 8.42 Å². The zero-order valence-corrected chi connectivity index (χ0v) is 15.4. The lowest BCUT2D eigenvalue weighted by molar-refractivity contribution is 0.601. The summed E-state index contributed by atoms with van der Waals surface area (Å²) in [5.41, 5.74) is 0.224. The van der Waals surface area contributed by atoms with Crippen molar-refractivity contribution in [2.45, 2.75) is 4.90 Å². The lowest BCUT2D eigenvalue weighted by atomic mass is 10.3. The fourth-order valence-electron chi connectivity index (χ4n) is 1.48. The summed E-state index contributed by atoms with van der Waals surface area (Å²) in [4.78, 5) is -0.183. The lowest BCUT2D eigenvalue weighted by Gasteiger charge is -2.12. The monoisotopic (exact) mass is 447 g/mol. The molecule has 0 amide bonds. The van der Waals surface area contributed by atoms with E-state index in [4.69, 9.17) is 46.4 Å². The fraction of sp³-hybridized carbons (Fsp3) is 0. The largest absolute Gasteiger partial charge is 0.278 e. The van der Waals surface area contributed by atoms with Crippen LogP contribution in [0.4, 0.5) is 5.69 Å². The van der Waals surface area contributed by atoms with Crippen molar-refractivity contribution in [2.24, 2.45) is 0 Å². The van der Waals surface area contributed by atoms with Crippen molar-refractivity contribution in [3.8, 4) is 0 Å². The van der Waals surface area contributed by atoms with Crippen LogP contribution in [0.5, 0.6) is 0 Å². The van der Waals surface area contributed by atoms with E-state index in [1.165, 1.54) is 18.2 Å². The first-order valence-electron chi connectivity index (χ1n) is 5.33. The Balaban J connectivity index is 2.46. The van der Waals surface area contributed by atoms with Gasteiger partial charge in [-0.2, -0.15) is 0 Å². The van der Waals surface area contributed by atoms with Gasteiger partial charge < -0.3 is 0 Å². The van der Waals surface area contributed by atoms with Gasteiger partial charge in [0.15, 0.2) is 0 Å². The minimum absolute atomic E-state index is 0.0369. The Hall–Kier alpha value is -0.170. The minimum atomic E-state index is -3.94. The maximum atomic E-state index is 12.4. The molecule has 0 spiro atoms. The van der Waals surface area contributed by atoms with Gasteiger partial charge in [-0.3, -0.25) is 4.72 Å². The van der Waals surface area contributed by atoms with Gasteiger partial charge in [0.05, 0.1) is 25.8 Å². The summed E-state index contributed by atoms with van der Waals surface area (Å²) in [6.45, 7) is 0. The average molecular weight is 450 g/mol. The smallest absolute Gasteiger partial charge is 0.263 e. The van der Waals surface area contributed by atoms with E-state index in [1.807, 2.05) is 0 Å². The first-order chi connectivity index (χ1) is 9.70. The Morgan fingerprint density at radius 3 is 2.10 bits per heavy atom. The molecule has 0 fully saturated rings. The molecule has 1 N–H and O–H groups in total. The summed E-state index contributed by atoms with van der Waals surface area (Å²) in [6.07, 6.45) is 0. The highest BCUT2D eigenvalue weighted by molar-refractivity contribution is 9.10. The molecule has 0 radical (unpaired) electrons. The number of anilines is 1. The summed E-state index contributed by atoms with van der Waals surface area (Å²) in [6, 6.07) is 7.19. The minimum Gasteiger partial charge on any atom is -0.278 e. The van der Waals surface area contributed by atoms with Crippen LogP contribution < -0.4 is 4.72 Å². The molecule has 9 heteroatoms. The van der Waals surface area contributed by atoms with Crippen LogP contribution in [-0.2, 0) is 10.0 Å². The molecule has 21 heavy (non-hydrogen) atoms. The standard InChI is InChI=1S/C12H6BrCl4NO2S/c13-6-1-2-11(9(16)3-6)18-21(19,20)12-5-8(15)7(14)4-10(12)17/h1-5,18H. The third kappa shape index (κ3) is 3.97. The summed E-state index contributed by atoms with van der Waals surface area (Å²) in [7, 11) is -3.94. The quantitative estimate of drug-likeness (QED) is 0.596. The molecule has 2 rings (SSSR count). The Labute approximate surface area is 150 Å². The second-order valence-corrected chi connectivity index (χ2v) is 8.12. The Morgan fingerprint density at radius 1 is 0.857 bits per heavy atom. The Bertz CT molecular complexity index is 811. The lowest BCUT2D eigenvalue weighted by Crippen LogP contribution is -2.14. The van der Waals surface area contributed by atoms with Gasteiger partial charge in [-0.15, -0.1) is 0 Å². The summed E-state index contributed by atoms with van der Waals surface area (Å²) < 4.78 is 27.8. The number of sulfonamides is 1. The Kier molecular flexibility index (Phi) is 5.34. The van der Waals surface area contributed by atoms with E-state index in [0.29, 0.717) is 0 Å². The second-order valence-electron chi connectivity index (χ2n) is 3.93. The van der Waals surface area contributed by atoms with Crippen LogP contribution in [0.3, 0.4) is 0 Å². The highest BCUT2D eigenvalue weighted by Gasteiger charge is 2.21. The highest BCUT2D eigenvalue weighted by atomic mass is 79.9. The van der Waals surface area contributed by atoms with E-state index in [9.17, 15) is 8.42 Å². The van der Waals surface area contributed by atoms with E-state index in [0.717, 1.165) is 4.47 Å². The highest BCUT2D eigenvalue weighted by Crippen LogP contribution is 2.34. The molecule has 0 unspecified atom stereocenters. The normalized spacial score (nSPS) is 11.5. The van der Waals surface area contributed by atoms with E-state index < -0.39 is 10.0 Å². The molecular formula is C12H6BrCl4NO2S. The topological polar surface area (TPSA) is 46.2 Å². The molecule has 0 bridgehead atoms. The van der Waals surface area contributed by atoms with Gasteiger partial charge in [-0.25, -0.2) is 8.42 Å². The Morgan fingerprint density at radius 2 is 1.48 bits per heavy atom. The van der Waals surface area contributed by atoms with Crippen LogP contribution in [0.15, 0.2) is 39.7 Å². The molecule has 0 saturated carbocycles. The number of rotatable bonds is 3. The van der Waals surface area contributed by atoms with E-state index in [1.54, 1.807) is 12.1 Å². The van der Waals surface area contributed by atoms with Crippen LogP contribution in [0.1, 0.15) is 0 Å². The first-order valence-corrected chi connectivity index (χ1v) is 9.12. The first kappa shape index (κ1) is 17.2. The van der Waals surface area contributed by atoms with Gasteiger partial charge in [0.1, 0.15) is 4.90 Å². The van der Waals surface area contributed by atoms with Crippen LogP contribution in [0.25, 0.3) is 0 Å². The van der Waals surface area contributed by atoms with Crippen molar-refractivity contribution in [2.75, 3.05) is 4.72 Å². The number of halogens is 5. The average Bonchev–Trinajstić information content (AvgIpc) is 2.37. The maximum absolute atomic E-state index is 12.4. The number of nitrogens with one attached hydrogen (secondary N) is 1. The SMILES string of the molecule is O=S(=O)(Nc1ccc(Br)cc1Cl)c1cc(Cl)c(Cl)cc1Cl. The zero-order valence-electron chi connectivity index (χ0n) is 10.0. The van der Waals surface area contributed by atoms with Gasteiger partial charge in [0.25, 0.3) is 10.0 Å². The molecule has 0 aliphatic heterocycles. The summed E-state index contributed by atoms with van der Waals surface area (Å²) in [5, 5.41) is 0.458. The third-order valence-corrected chi connectivity index (χ3v) is 5.80. The molecule has 0 aliphatic carbocycles. The molecule has 0 saturated heterocycles. The molecule has 112 valence electrons. The van der Waals surface area contributed by atoms with Gasteiger partial charge in [0.2, 0.25) is 0 Å². The van der Waals surface area contributed by atoms with Gasteiger partial charge in [-0.05, 0) is 30.3 Å². The van der Waals surface area contributed by atoms with Gasteiger partial charge in [0, 0.05) is 4.47 Å². The van der Waals surface area contributed by atoms with Crippen molar-refractivity contribution in [3.63, 3.8) is 0 Å². The van der Waals surface area contributed by atoms with E-state index >= 15 is 0 Å². The van der Waals surface area contributed by atoms with Gasteiger partial charge >= 0.3 is 0 Å². The maximum Gasteiger partial charge on any atom is 0.263 e. The van der Waals surface area contributed by atoms with Crippen molar-refractivity contribution in [1.82, 2.24) is 0 Å². The van der Waals surface area contributed by atoms with Crippen LogP contribution in [-0.4, -0.2) is 8.42 Å². The van der Waals surface area contributed by atoms with Crippen LogP contribution >= 0.6 is 62.3 Å². The van der Waals surface area contributed by atoms with E-state index in [2.05, 4.69) is 20.7 Å². The van der Waals surface area contributed by atoms with Crippen molar-refractivity contribution in [3.05, 3.63) is 54.9 Å². The molecular weight excluding hydrogens is 444 g/mol. The summed E-state index contributed by atoms with van der Waals surface area (Å²) >= 11 is 26.7. The predicted molar refractivity (Wildman–Crippen MR) is 91.4 cm³/mol. The number of hydrogen-bond acceptors (Lipinski definition) is 2. The number of hydrogen-bond donors (Lipinski definition) is 1. The van der Waals surface area contributed by atoms with Gasteiger partial charge in [-0.1, -0.05) is 62.3 Å². The van der Waals surface area contributed by atoms with E-state index in [-0.39, 0.29) is 30.7 Å². The molecule has 0 atom stereocenters. The second kappa shape index (κ2) is 6.52. The molecule has 0 heterocycles. The third-order valence-electron chi connectivity index (χ3n) is 2.44. The number of benzene rings is 2. The molecule has 3 nitrogen and oxygen atoms in total. The zero-order chi connectivity index (χ0) is 15.8. The fourth-order valence-corrected chi connectivity index (χ4v) is 4.34. The molecule has 2 aromatic rings. The molecule has 2 aromatic carbocycles. The summed E-state index contributed by atoms with van der Waals surface area (Å²) in [5.74, 6) is 0. The predicted octanol–water partition coefficient (Wildman–Crippen LogP) is 5.86. The van der Waals surface area contributed by atoms with Crippen LogP contribution in [0.2, 0.25) is 20.1 Å². The van der Waals surface area contributed by atoms with Crippen molar-refractivity contribution >= 4 is 78.0 Å². The molecule has 0 aromatic heterocycles. The van der Waals surface area contributed by atoms with Crippen LogP contribution in [0, 0.1) is 0 Å².